The highest BCUT2D eigenvalue weighted by atomic mass is 16.5. The first-order valence-corrected chi connectivity index (χ1v) is 8.75. The smallest absolute Gasteiger partial charge is 0.248 e. The Labute approximate surface area is 149 Å². The summed E-state index contributed by atoms with van der Waals surface area (Å²) in [5.41, 5.74) is 0.975. The van der Waals surface area contributed by atoms with Gasteiger partial charge in [-0.3, -0.25) is 9.59 Å². The van der Waals surface area contributed by atoms with E-state index in [1.807, 2.05) is 43.0 Å². The van der Waals surface area contributed by atoms with Crippen LogP contribution in [0.4, 0.5) is 0 Å². The number of para-hydroxylation sites is 1. The van der Waals surface area contributed by atoms with Gasteiger partial charge < -0.3 is 19.3 Å². The maximum Gasteiger partial charge on any atom is 0.248 e. The SMILES string of the molecule is CCN(CC)C(=O)C1CN(C(=O)COC)CC1c1ccccc1OC. The van der Waals surface area contributed by atoms with Gasteiger partial charge in [0.15, 0.2) is 0 Å². The topological polar surface area (TPSA) is 59.1 Å². The van der Waals surface area contributed by atoms with Gasteiger partial charge >= 0.3 is 0 Å². The lowest BCUT2D eigenvalue weighted by molar-refractivity contribution is -0.136. The molecule has 0 N–H and O–H groups in total. The highest BCUT2D eigenvalue weighted by Gasteiger charge is 2.42. The third-order valence-corrected chi connectivity index (χ3v) is 4.87. The zero-order chi connectivity index (χ0) is 18.4. The number of benzene rings is 1. The molecule has 0 aromatic heterocycles. The van der Waals surface area contributed by atoms with Crippen LogP contribution in [0.15, 0.2) is 24.3 Å². The number of carbonyl (C=O) groups excluding carboxylic acids is 2. The summed E-state index contributed by atoms with van der Waals surface area (Å²) in [5, 5.41) is 0. The summed E-state index contributed by atoms with van der Waals surface area (Å²) in [5.74, 6) is 0.416. The van der Waals surface area contributed by atoms with Crippen molar-refractivity contribution >= 4 is 11.8 Å². The van der Waals surface area contributed by atoms with E-state index in [4.69, 9.17) is 9.47 Å². The standard InChI is InChI=1S/C19H28N2O4/c1-5-20(6-2)19(23)16-12-21(18(22)13-24-3)11-15(16)14-9-7-8-10-17(14)25-4/h7-10,15-16H,5-6,11-13H2,1-4H3. The number of methoxy groups -OCH3 is 2. The first-order chi connectivity index (χ1) is 12.1. The Bertz CT molecular complexity index is 601. The summed E-state index contributed by atoms with van der Waals surface area (Å²) in [6, 6.07) is 7.73. The van der Waals surface area contributed by atoms with Crippen molar-refractivity contribution in [2.45, 2.75) is 19.8 Å². The van der Waals surface area contributed by atoms with Gasteiger partial charge in [-0.05, 0) is 25.5 Å². The van der Waals surface area contributed by atoms with E-state index in [2.05, 4.69) is 0 Å². The van der Waals surface area contributed by atoms with E-state index in [1.54, 1.807) is 12.0 Å². The van der Waals surface area contributed by atoms with Crippen LogP contribution in [0, 0.1) is 5.92 Å². The Morgan fingerprint density at radius 3 is 2.44 bits per heavy atom. The largest absolute Gasteiger partial charge is 0.496 e. The fourth-order valence-corrected chi connectivity index (χ4v) is 3.53. The van der Waals surface area contributed by atoms with E-state index in [0.717, 1.165) is 11.3 Å². The lowest BCUT2D eigenvalue weighted by Crippen LogP contribution is -2.39. The molecule has 1 fully saturated rings. The summed E-state index contributed by atoms with van der Waals surface area (Å²) < 4.78 is 10.5. The fraction of sp³-hybridized carbons (Fsp3) is 0.579. The van der Waals surface area contributed by atoms with Gasteiger partial charge in [0.05, 0.1) is 13.0 Å². The molecule has 2 atom stereocenters. The van der Waals surface area contributed by atoms with E-state index in [0.29, 0.717) is 26.2 Å². The second-order valence-electron chi connectivity index (χ2n) is 6.20. The fourth-order valence-electron chi connectivity index (χ4n) is 3.53. The van der Waals surface area contributed by atoms with Crippen LogP contribution < -0.4 is 4.74 Å². The van der Waals surface area contributed by atoms with Gasteiger partial charge in [0.2, 0.25) is 11.8 Å². The molecule has 2 amide bonds. The average Bonchev–Trinajstić information content (AvgIpc) is 3.08. The first kappa shape index (κ1) is 19.2. The minimum Gasteiger partial charge on any atom is -0.496 e. The zero-order valence-electron chi connectivity index (χ0n) is 15.5. The van der Waals surface area contributed by atoms with E-state index in [1.165, 1.54) is 7.11 Å². The van der Waals surface area contributed by atoms with Crippen molar-refractivity contribution in [1.29, 1.82) is 0 Å². The van der Waals surface area contributed by atoms with Crippen molar-refractivity contribution in [1.82, 2.24) is 9.80 Å². The molecule has 1 heterocycles. The predicted octanol–water partition coefficient (Wildman–Crippen LogP) is 1.75. The number of rotatable bonds is 7. The Balaban J connectivity index is 2.34. The number of carbonyl (C=O) groups is 2. The third-order valence-electron chi connectivity index (χ3n) is 4.87. The number of hydrogen-bond acceptors (Lipinski definition) is 4. The van der Waals surface area contributed by atoms with Gasteiger partial charge in [-0.15, -0.1) is 0 Å². The molecular formula is C19H28N2O4. The maximum atomic E-state index is 13.0. The van der Waals surface area contributed by atoms with Crippen molar-refractivity contribution < 1.29 is 19.1 Å². The van der Waals surface area contributed by atoms with Gasteiger partial charge in [-0.25, -0.2) is 0 Å². The monoisotopic (exact) mass is 348 g/mol. The Kier molecular flexibility index (Phi) is 6.82. The number of nitrogens with zero attached hydrogens (tertiary/aromatic N) is 2. The van der Waals surface area contributed by atoms with Gasteiger partial charge in [0.25, 0.3) is 0 Å². The van der Waals surface area contributed by atoms with Crippen LogP contribution in [0.3, 0.4) is 0 Å². The molecule has 6 nitrogen and oxygen atoms in total. The number of ether oxygens (including phenoxy) is 2. The van der Waals surface area contributed by atoms with E-state index in [-0.39, 0.29) is 30.3 Å². The molecule has 0 aliphatic carbocycles. The minimum atomic E-state index is -0.267. The summed E-state index contributed by atoms with van der Waals surface area (Å²) in [6.07, 6.45) is 0. The normalized spacial score (nSPS) is 19.8. The summed E-state index contributed by atoms with van der Waals surface area (Å²) in [6.45, 7) is 6.23. The predicted molar refractivity (Wildman–Crippen MR) is 95.6 cm³/mol. The highest BCUT2D eigenvalue weighted by molar-refractivity contribution is 5.84. The molecule has 6 heteroatoms. The second kappa shape index (κ2) is 8.85. The Hall–Kier alpha value is -2.08. The molecule has 0 spiro atoms. The molecule has 1 aliphatic rings. The molecule has 2 rings (SSSR count). The molecule has 2 unspecified atom stereocenters. The lowest BCUT2D eigenvalue weighted by Gasteiger charge is -2.26. The maximum absolute atomic E-state index is 13.0. The van der Waals surface area contributed by atoms with Crippen LogP contribution >= 0.6 is 0 Å². The van der Waals surface area contributed by atoms with Crippen molar-refractivity contribution in [3.8, 4) is 5.75 Å². The lowest BCUT2D eigenvalue weighted by atomic mass is 9.87. The Morgan fingerprint density at radius 2 is 1.84 bits per heavy atom. The van der Waals surface area contributed by atoms with Crippen molar-refractivity contribution in [2.24, 2.45) is 5.92 Å². The number of hydrogen-bond donors (Lipinski definition) is 0. The van der Waals surface area contributed by atoms with Crippen LogP contribution in [-0.2, 0) is 14.3 Å². The van der Waals surface area contributed by atoms with Gasteiger partial charge in [-0.1, -0.05) is 18.2 Å². The Morgan fingerprint density at radius 1 is 1.16 bits per heavy atom. The average molecular weight is 348 g/mol. The van der Waals surface area contributed by atoms with E-state index >= 15 is 0 Å². The molecule has 0 bridgehead atoms. The van der Waals surface area contributed by atoms with Gasteiger partial charge in [-0.2, -0.15) is 0 Å². The number of amides is 2. The van der Waals surface area contributed by atoms with Crippen molar-refractivity contribution in [3.05, 3.63) is 29.8 Å². The highest BCUT2D eigenvalue weighted by Crippen LogP contribution is 2.38. The van der Waals surface area contributed by atoms with E-state index < -0.39 is 0 Å². The molecule has 1 aromatic carbocycles. The zero-order valence-corrected chi connectivity index (χ0v) is 15.5. The minimum absolute atomic E-state index is 0.0326. The quantitative estimate of drug-likeness (QED) is 0.753. The first-order valence-electron chi connectivity index (χ1n) is 8.75. The molecule has 1 aromatic rings. The molecule has 0 radical (unpaired) electrons. The van der Waals surface area contributed by atoms with Gasteiger partial charge in [0.1, 0.15) is 12.4 Å². The van der Waals surface area contributed by atoms with Crippen LogP contribution in [-0.4, -0.2) is 68.6 Å². The van der Waals surface area contributed by atoms with Crippen LogP contribution in [0.5, 0.6) is 5.75 Å². The molecule has 138 valence electrons. The third kappa shape index (κ3) is 4.12. The molecule has 25 heavy (non-hydrogen) atoms. The van der Waals surface area contributed by atoms with Crippen molar-refractivity contribution in [3.63, 3.8) is 0 Å². The molecule has 1 aliphatic heterocycles. The van der Waals surface area contributed by atoms with Crippen LogP contribution in [0.2, 0.25) is 0 Å². The van der Waals surface area contributed by atoms with E-state index in [9.17, 15) is 9.59 Å². The molecule has 0 saturated carbocycles. The van der Waals surface area contributed by atoms with Crippen molar-refractivity contribution in [2.75, 3.05) is 47.0 Å². The summed E-state index contributed by atoms with van der Waals surface area (Å²) in [7, 11) is 3.13. The van der Waals surface area contributed by atoms with Crippen LogP contribution in [0.25, 0.3) is 0 Å². The van der Waals surface area contributed by atoms with Crippen LogP contribution in [0.1, 0.15) is 25.3 Å². The summed E-state index contributed by atoms with van der Waals surface area (Å²) >= 11 is 0. The summed E-state index contributed by atoms with van der Waals surface area (Å²) in [4.78, 5) is 28.9. The second-order valence-corrected chi connectivity index (χ2v) is 6.20. The van der Waals surface area contributed by atoms with Gasteiger partial charge in [0, 0.05) is 39.2 Å². The molecular weight excluding hydrogens is 320 g/mol. The number of likely N-dealkylation sites (tertiary alicyclic amines) is 1. The molecule has 1 saturated heterocycles.